The van der Waals surface area contributed by atoms with Crippen LogP contribution in [0.3, 0.4) is 0 Å². The zero-order valence-electron chi connectivity index (χ0n) is 10.8. The van der Waals surface area contributed by atoms with E-state index in [1.165, 1.54) is 0 Å². The molecule has 0 saturated carbocycles. The van der Waals surface area contributed by atoms with Crippen LogP contribution in [0.5, 0.6) is 0 Å². The quantitative estimate of drug-likeness (QED) is 0.807. The van der Waals surface area contributed by atoms with E-state index in [0.717, 1.165) is 64.8 Å². The van der Waals surface area contributed by atoms with Crippen molar-refractivity contribution in [3.05, 3.63) is 0 Å². The molecule has 0 unspecified atom stereocenters. The molecule has 0 aliphatic carbocycles. The molecular weight excluding hydrogens is 216 g/mol. The lowest BCUT2D eigenvalue weighted by atomic mass is 9.85. The maximum atomic E-state index is 11.7. The number of hydrogen-bond acceptors (Lipinski definition) is 3. The largest absolute Gasteiger partial charge is 0.480 e. The Balaban J connectivity index is 2.02. The number of aliphatic carboxylic acids is 1. The minimum Gasteiger partial charge on any atom is -0.480 e. The van der Waals surface area contributed by atoms with Crippen LogP contribution in [0.4, 0.5) is 0 Å². The van der Waals surface area contributed by atoms with Crippen molar-refractivity contribution in [2.45, 2.75) is 44.6 Å². The van der Waals surface area contributed by atoms with Crippen molar-refractivity contribution >= 4 is 5.97 Å². The number of nitrogens with zero attached hydrogens (tertiary/aromatic N) is 2. The molecule has 4 nitrogen and oxygen atoms in total. The number of piperidine rings is 1. The first-order chi connectivity index (χ1) is 8.19. The summed E-state index contributed by atoms with van der Waals surface area (Å²) in [5, 5.41) is 9.61. The second kappa shape index (κ2) is 5.36. The maximum absolute atomic E-state index is 11.7. The molecule has 0 amide bonds. The summed E-state index contributed by atoms with van der Waals surface area (Å²) in [6.45, 7) is 7.11. The van der Waals surface area contributed by atoms with Gasteiger partial charge in [-0.3, -0.25) is 9.69 Å². The van der Waals surface area contributed by atoms with Crippen LogP contribution < -0.4 is 0 Å². The van der Waals surface area contributed by atoms with Crippen molar-refractivity contribution in [1.29, 1.82) is 0 Å². The molecule has 17 heavy (non-hydrogen) atoms. The van der Waals surface area contributed by atoms with E-state index in [4.69, 9.17) is 0 Å². The van der Waals surface area contributed by atoms with Crippen molar-refractivity contribution in [2.24, 2.45) is 0 Å². The Morgan fingerprint density at radius 1 is 1.18 bits per heavy atom. The predicted octanol–water partition coefficient (Wildman–Crippen LogP) is 1.41. The van der Waals surface area contributed by atoms with Gasteiger partial charge in [-0.2, -0.15) is 0 Å². The lowest BCUT2D eigenvalue weighted by molar-refractivity contribution is -0.154. The molecule has 2 heterocycles. The number of carboxylic acids is 1. The molecule has 4 heteroatoms. The van der Waals surface area contributed by atoms with Gasteiger partial charge in [-0.15, -0.1) is 0 Å². The highest BCUT2D eigenvalue weighted by atomic mass is 16.4. The molecule has 2 aliphatic rings. The standard InChI is InChI=1S/C13H24N2O2/c1-2-7-14-10-5-13(6-11-14,12(16)17)15-8-3-4-9-15/h2-11H2,1H3,(H,16,17). The predicted molar refractivity (Wildman–Crippen MR) is 67.1 cm³/mol. The molecule has 2 fully saturated rings. The van der Waals surface area contributed by atoms with E-state index in [1.54, 1.807) is 0 Å². The Labute approximate surface area is 104 Å². The molecule has 2 aliphatic heterocycles. The van der Waals surface area contributed by atoms with Gasteiger partial charge < -0.3 is 10.0 Å². The normalized spacial score (nSPS) is 26.2. The Morgan fingerprint density at radius 3 is 2.24 bits per heavy atom. The van der Waals surface area contributed by atoms with Gasteiger partial charge in [-0.25, -0.2) is 0 Å². The van der Waals surface area contributed by atoms with Gasteiger partial charge >= 0.3 is 5.97 Å². The first kappa shape index (κ1) is 12.8. The van der Waals surface area contributed by atoms with E-state index in [2.05, 4.69) is 16.7 Å². The Bertz CT molecular complexity index is 267. The van der Waals surface area contributed by atoms with Gasteiger partial charge in [-0.1, -0.05) is 6.92 Å². The minimum absolute atomic E-state index is 0.555. The summed E-state index contributed by atoms with van der Waals surface area (Å²) in [6.07, 6.45) is 5.07. The zero-order valence-corrected chi connectivity index (χ0v) is 10.8. The highest BCUT2D eigenvalue weighted by Gasteiger charge is 2.46. The number of carbonyl (C=O) groups is 1. The molecule has 2 saturated heterocycles. The van der Waals surface area contributed by atoms with Gasteiger partial charge in [-0.05, 0) is 51.7 Å². The molecule has 0 radical (unpaired) electrons. The van der Waals surface area contributed by atoms with Gasteiger partial charge in [0.15, 0.2) is 0 Å². The van der Waals surface area contributed by atoms with Gasteiger partial charge in [0.2, 0.25) is 0 Å². The van der Waals surface area contributed by atoms with E-state index < -0.39 is 11.5 Å². The molecule has 0 spiro atoms. The zero-order chi connectivity index (χ0) is 12.3. The van der Waals surface area contributed by atoms with Crippen LogP contribution in [0.1, 0.15) is 39.0 Å². The third-order valence-electron chi connectivity index (χ3n) is 4.33. The third kappa shape index (κ3) is 2.47. The molecule has 98 valence electrons. The van der Waals surface area contributed by atoms with Crippen LogP contribution in [0.2, 0.25) is 0 Å². The van der Waals surface area contributed by atoms with E-state index in [1.807, 2.05) is 0 Å². The van der Waals surface area contributed by atoms with Gasteiger partial charge in [0, 0.05) is 13.1 Å². The fourth-order valence-corrected chi connectivity index (χ4v) is 3.27. The third-order valence-corrected chi connectivity index (χ3v) is 4.33. The second-order valence-electron chi connectivity index (χ2n) is 5.37. The number of hydrogen-bond donors (Lipinski definition) is 1. The average molecular weight is 240 g/mol. The number of carboxylic acid groups (broad SMARTS) is 1. The van der Waals surface area contributed by atoms with Crippen LogP contribution in [0, 0.1) is 0 Å². The van der Waals surface area contributed by atoms with Crippen LogP contribution in [0.15, 0.2) is 0 Å². The summed E-state index contributed by atoms with van der Waals surface area (Å²) in [5.41, 5.74) is -0.555. The maximum Gasteiger partial charge on any atom is 0.324 e. The molecule has 2 rings (SSSR count). The number of rotatable bonds is 4. The Morgan fingerprint density at radius 2 is 1.76 bits per heavy atom. The molecule has 0 aromatic rings. The monoisotopic (exact) mass is 240 g/mol. The molecule has 1 N–H and O–H groups in total. The van der Waals surface area contributed by atoms with Gasteiger partial charge in [0.25, 0.3) is 0 Å². The smallest absolute Gasteiger partial charge is 0.324 e. The fourth-order valence-electron chi connectivity index (χ4n) is 3.27. The molecule has 0 aromatic carbocycles. The van der Waals surface area contributed by atoms with E-state index in [9.17, 15) is 9.90 Å². The van der Waals surface area contributed by atoms with Crippen molar-refractivity contribution < 1.29 is 9.90 Å². The first-order valence-electron chi connectivity index (χ1n) is 6.90. The summed E-state index contributed by atoms with van der Waals surface area (Å²) < 4.78 is 0. The minimum atomic E-state index is -0.601. The van der Waals surface area contributed by atoms with Crippen molar-refractivity contribution in [2.75, 3.05) is 32.7 Å². The topological polar surface area (TPSA) is 43.8 Å². The first-order valence-corrected chi connectivity index (χ1v) is 6.90. The lowest BCUT2D eigenvalue weighted by Gasteiger charge is -2.44. The second-order valence-corrected chi connectivity index (χ2v) is 5.37. The SMILES string of the molecule is CCCN1CCC(C(=O)O)(N2CCCC2)CC1. The van der Waals surface area contributed by atoms with Crippen LogP contribution >= 0.6 is 0 Å². The highest BCUT2D eigenvalue weighted by molar-refractivity contribution is 5.79. The molecule has 0 aromatic heterocycles. The summed E-state index contributed by atoms with van der Waals surface area (Å²) in [5.74, 6) is -0.601. The van der Waals surface area contributed by atoms with Gasteiger partial charge in [0.1, 0.15) is 5.54 Å². The van der Waals surface area contributed by atoms with Crippen LogP contribution in [-0.2, 0) is 4.79 Å². The molecular formula is C13H24N2O2. The van der Waals surface area contributed by atoms with E-state index in [0.29, 0.717) is 0 Å². The van der Waals surface area contributed by atoms with Crippen molar-refractivity contribution in [3.63, 3.8) is 0 Å². The lowest BCUT2D eigenvalue weighted by Crippen LogP contribution is -2.59. The average Bonchev–Trinajstić information content (AvgIpc) is 2.84. The highest BCUT2D eigenvalue weighted by Crippen LogP contribution is 2.32. The Hall–Kier alpha value is -0.610. The number of likely N-dealkylation sites (tertiary alicyclic amines) is 2. The Kier molecular flexibility index (Phi) is 4.05. The molecule has 0 atom stereocenters. The molecule has 0 bridgehead atoms. The summed E-state index contributed by atoms with van der Waals surface area (Å²) in [6, 6.07) is 0. The summed E-state index contributed by atoms with van der Waals surface area (Å²) >= 11 is 0. The van der Waals surface area contributed by atoms with Gasteiger partial charge in [0.05, 0.1) is 0 Å². The summed E-state index contributed by atoms with van der Waals surface area (Å²) in [7, 11) is 0. The van der Waals surface area contributed by atoms with Crippen molar-refractivity contribution in [3.8, 4) is 0 Å². The summed E-state index contributed by atoms with van der Waals surface area (Å²) in [4.78, 5) is 16.3. The van der Waals surface area contributed by atoms with E-state index >= 15 is 0 Å². The van der Waals surface area contributed by atoms with Crippen LogP contribution in [0.25, 0.3) is 0 Å². The van der Waals surface area contributed by atoms with E-state index in [-0.39, 0.29) is 0 Å². The van der Waals surface area contributed by atoms with Crippen LogP contribution in [-0.4, -0.2) is 59.1 Å². The van der Waals surface area contributed by atoms with Crippen molar-refractivity contribution in [1.82, 2.24) is 9.80 Å². The fraction of sp³-hybridized carbons (Fsp3) is 0.923.